The third kappa shape index (κ3) is 8.09. The van der Waals surface area contributed by atoms with Gasteiger partial charge in [-0.15, -0.1) is 0 Å². The Balaban J connectivity index is 1.32. The van der Waals surface area contributed by atoms with Gasteiger partial charge in [-0.1, -0.05) is 51.3 Å². The fraction of sp³-hybridized carbons (Fsp3) is 0.639. The third-order valence-corrected chi connectivity index (χ3v) is 10.7. The number of aryl methyl sites for hydroxylation is 2. The van der Waals surface area contributed by atoms with E-state index in [-0.39, 0.29) is 17.0 Å². The number of carbonyl (C=O) groups excluding carboxylic acids is 1. The smallest absolute Gasteiger partial charge is 0.341 e. The van der Waals surface area contributed by atoms with E-state index in [1.165, 1.54) is 43.2 Å². The molecule has 10 heteroatoms. The van der Waals surface area contributed by atoms with Crippen LogP contribution in [0.1, 0.15) is 92.2 Å². The van der Waals surface area contributed by atoms with Gasteiger partial charge < -0.3 is 9.80 Å². The van der Waals surface area contributed by atoms with Crippen LogP contribution in [0.2, 0.25) is 0 Å². The number of piperazine rings is 1. The Morgan fingerprint density at radius 2 is 1.43 bits per heavy atom. The minimum Gasteiger partial charge on any atom is -0.341 e. The van der Waals surface area contributed by atoms with Gasteiger partial charge in [-0.2, -0.15) is 26.3 Å². The van der Waals surface area contributed by atoms with E-state index in [2.05, 4.69) is 41.8 Å². The van der Waals surface area contributed by atoms with Crippen molar-refractivity contribution in [1.29, 1.82) is 0 Å². The summed E-state index contributed by atoms with van der Waals surface area (Å²) >= 11 is 0. The number of hydrogen-bond acceptors (Lipinski definition) is 3. The average Bonchev–Trinajstić information content (AvgIpc) is 3.49. The van der Waals surface area contributed by atoms with Crippen LogP contribution in [-0.2, 0) is 41.8 Å². The minimum absolute atomic E-state index is 0.106. The van der Waals surface area contributed by atoms with Gasteiger partial charge in [0.1, 0.15) is 0 Å². The highest BCUT2D eigenvalue weighted by Gasteiger charge is 2.42. The van der Waals surface area contributed by atoms with Gasteiger partial charge in [-0.25, -0.2) is 0 Å². The van der Waals surface area contributed by atoms with E-state index in [0.29, 0.717) is 37.7 Å². The van der Waals surface area contributed by atoms with E-state index in [9.17, 15) is 31.1 Å². The lowest BCUT2D eigenvalue weighted by Crippen LogP contribution is -2.51. The highest BCUT2D eigenvalue weighted by molar-refractivity contribution is 5.79. The van der Waals surface area contributed by atoms with Crippen LogP contribution in [0.3, 0.4) is 0 Å². The maximum absolute atomic E-state index is 13.5. The minimum atomic E-state index is -4.95. The van der Waals surface area contributed by atoms with Crippen molar-refractivity contribution in [1.82, 2.24) is 14.7 Å². The van der Waals surface area contributed by atoms with Gasteiger partial charge in [0.05, 0.1) is 17.5 Å². The van der Waals surface area contributed by atoms with Gasteiger partial charge in [0.15, 0.2) is 0 Å². The highest BCUT2D eigenvalue weighted by Crippen LogP contribution is 2.40. The molecule has 254 valence electrons. The summed E-state index contributed by atoms with van der Waals surface area (Å²) in [7, 11) is 0. The molecule has 1 amide bonds. The molecular weight excluding hydrogens is 604 g/mol. The summed E-state index contributed by atoms with van der Waals surface area (Å²) in [6.07, 6.45) is -0.533. The zero-order chi connectivity index (χ0) is 33.1. The Kier molecular flexibility index (Phi) is 10.8. The molecule has 1 unspecified atom stereocenters. The number of likely N-dealkylation sites (tertiary alicyclic amines) is 1. The van der Waals surface area contributed by atoms with Crippen LogP contribution in [0.15, 0.2) is 36.4 Å². The molecule has 3 aliphatic rings. The zero-order valence-corrected chi connectivity index (χ0v) is 27.1. The van der Waals surface area contributed by atoms with E-state index < -0.39 is 35.8 Å². The Morgan fingerprint density at radius 1 is 0.804 bits per heavy atom. The van der Waals surface area contributed by atoms with Gasteiger partial charge in [0.25, 0.3) is 0 Å². The summed E-state index contributed by atoms with van der Waals surface area (Å²) in [5.41, 5.74) is 0.319. The molecule has 2 heterocycles. The summed E-state index contributed by atoms with van der Waals surface area (Å²) in [5, 5.41) is 0. The van der Waals surface area contributed by atoms with Crippen molar-refractivity contribution in [3.8, 4) is 0 Å². The monoisotopic (exact) mass is 651 g/mol. The summed E-state index contributed by atoms with van der Waals surface area (Å²) in [5.74, 6) is -0.448. The molecule has 0 bridgehead atoms. The van der Waals surface area contributed by atoms with Crippen LogP contribution in [0.5, 0.6) is 0 Å². The molecule has 2 saturated heterocycles. The second kappa shape index (κ2) is 14.3. The first-order valence-electron chi connectivity index (χ1n) is 17.0. The summed E-state index contributed by atoms with van der Waals surface area (Å²) in [6.45, 7) is 10.1. The normalized spacial score (nSPS) is 22.5. The number of rotatable bonds is 9. The number of hydrogen-bond donors (Lipinski definition) is 0. The Hall–Kier alpha value is -2.59. The quantitative estimate of drug-likeness (QED) is 0.258. The Labute approximate surface area is 269 Å². The number of alkyl halides is 6. The molecule has 5 rings (SSSR count). The topological polar surface area (TPSA) is 26.8 Å². The molecule has 1 aliphatic carbocycles. The molecule has 0 N–H and O–H groups in total. The number of nitrogens with zero attached hydrogens (tertiary/aromatic N) is 3. The molecule has 3 fully saturated rings. The molecule has 2 aromatic rings. The second-order valence-electron chi connectivity index (χ2n) is 13.5. The molecule has 1 atom stereocenters. The van der Waals surface area contributed by atoms with Crippen LogP contribution in [-0.4, -0.2) is 72.5 Å². The van der Waals surface area contributed by atoms with Crippen molar-refractivity contribution in [3.63, 3.8) is 0 Å². The van der Waals surface area contributed by atoms with E-state index in [1.807, 2.05) is 0 Å². The predicted molar refractivity (Wildman–Crippen MR) is 168 cm³/mol. The van der Waals surface area contributed by atoms with Crippen LogP contribution in [0.25, 0.3) is 0 Å². The first-order chi connectivity index (χ1) is 21.8. The standard InChI is InChI=1S/C36H47F6N3O/c1-3-27-10-11-29(23-28(27)4-2)34(12-14-43-16-18-44(19-17-43)32-8-6-5-7-9-32)13-15-45(25-34)33(46)22-26-20-30(35(37,38)39)24-31(21-26)36(40,41)42/h10-11,20-21,23-24,32H,3-9,12-19,22,25H2,1-2H3. The van der Waals surface area contributed by atoms with Gasteiger partial charge in [0, 0.05) is 50.7 Å². The molecule has 1 saturated carbocycles. The molecule has 4 nitrogen and oxygen atoms in total. The second-order valence-corrected chi connectivity index (χ2v) is 13.5. The van der Waals surface area contributed by atoms with Crippen LogP contribution >= 0.6 is 0 Å². The molecule has 0 spiro atoms. The lowest BCUT2D eigenvalue weighted by molar-refractivity contribution is -0.143. The number of benzene rings is 2. The largest absolute Gasteiger partial charge is 0.416 e. The van der Waals surface area contributed by atoms with E-state index in [4.69, 9.17) is 0 Å². The lowest BCUT2D eigenvalue weighted by atomic mass is 9.75. The van der Waals surface area contributed by atoms with Crippen LogP contribution in [0.4, 0.5) is 26.3 Å². The molecule has 2 aromatic carbocycles. The van der Waals surface area contributed by atoms with Crippen molar-refractivity contribution in [2.45, 2.75) is 102 Å². The maximum Gasteiger partial charge on any atom is 0.416 e. The van der Waals surface area contributed by atoms with E-state index >= 15 is 0 Å². The Morgan fingerprint density at radius 3 is 2.02 bits per heavy atom. The summed E-state index contributed by atoms with van der Waals surface area (Å²) in [6, 6.07) is 8.73. The molecule has 0 radical (unpaired) electrons. The lowest BCUT2D eigenvalue weighted by Gasteiger charge is -2.42. The fourth-order valence-electron chi connectivity index (χ4n) is 7.88. The van der Waals surface area contributed by atoms with Crippen molar-refractivity contribution in [2.75, 3.05) is 45.8 Å². The Bertz CT molecular complexity index is 1310. The maximum atomic E-state index is 13.5. The number of amides is 1. The first-order valence-corrected chi connectivity index (χ1v) is 17.0. The molecular formula is C36H47F6N3O. The van der Waals surface area contributed by atoms with Crippen molar-refractivity contribution in [2.24, 2.45) is 0 Å². The van der Waals surface area contributed by atoms with E-state index in [1.54, 1.807) is 4.90 Å². The zero-order valence-electron chi connectivity index (χ0n) is 27.1. The first kappa shape index (κ1) is 34.7. The molecule has 2 aliphatic heterocycles. The van der Waals surface area contributed by atoms with Gasteiger partial charge in [0.2, 0.25) is 5.91 Å². The number of carbonyl (C=O) groups is 1. The van der Waals surface area contributed by atoms with Crippen molar-refractivity contribution in [3.05, 3.63) is 69.8 Å². The predicted octanol–water partition coefficient (Wildman–Crippen LogP) is 7.90. The third-order valence-electron chi connectivity index (χ3n) is 10.7. The van der Waals surface area contributed by atoms with Crippen molar-refractivity contribution < 1.29 is 31.1 Å². The van der Waals surface area contributed by atoms with E-state index in [0.717, 1.165) is 57.5 Å². The average molecular weight is 652 g/mol. The number of halogens is 6. The van der Waals surface area contributed by atoms with Gasteiger partial charge >= 0.3 is 12.4 Å². The fourth-order valence-corrected chi connectivity index (χ4v) is 7.88. The van der Waals surface area contributed by atoms with Gasteiger partial charge in [-0.3, -0.25) is 9.69 Å². The SMILES string of the molecule is CCc1ccc(C2(CCN3CCN(C4CCCCC4)CC3)CCN(C(=O)Cc3cc(C(F)(F)F)cc(C(F)(F)F)c3)C2)cc1CC. The summed E-state index contributed by atoms with van der Waals surface area (Å²) in [4.78, 5) is 20.3. The molecule has 0 aromatic heterocycles. The summed E-state index contributed by atoms with van der Waals surface area (Å²) < 4.78 is 80.8. The van der Waals surface area contributed by atoms with Gasteiger partial charge in [-0.05, 0) is 85.5 Å². The van der Waals surface area contributed by atoms with Crippen molar-refractivity contribution >= 4 is 5.91 Å². The highest BCUT2D eigenvalue weighted by atomic mass is 19.4. The van der Waals surface area contributed by atoms with Crippen LogP contribution < -0.4 is 0 Å². The van der Waals surface area contributed by atoms with Crippen LogP contribution in [0, 0.1) is 0 Å². The molecule has 46 heavy (non-hydrogen) atoms.